The highest BCUT2D eigenvalue weighted by atomic mass is 16.3. The van der Waals surface area contributed by atoms with E-state index in [0.29, 0.717) is 12.8 Å². The molecule has 0 heterocycles. The third-order valence-electron chi connectivity index (χ3n) is 6.44. The van der Waals surface area contributed by atoms with Gasteiger partial charge in [-0.15, -0.1) is 0 Å². The fourth-order valence-corrected chi connectivity index (χ4v) is 3.90. The van der Waals surface area contributed by atoms with Gasteiger partial charge >= 0.3 is 0 Å². The van der Waals surface area contributed by atoms with Crippen molar-refractivity contribution in [3.63, 3.8) is 0 Å². The Kier molecular flexibility index (Phi) is 10.1. The fourth-order valence-electron chi connectivity index (χ4n) is 3.90. The summed E-state index contributed by atoms with van der Waals surface area (Å²) in [7, 11) is 0. The van der Waals surface area contributed by atoms with Gasteiger partial charge in [-0.1, -0.05) is 55.4 Å². The summed E-state index contributed by atoms with van der Waals surface area (Å²) in [5, 5.41) is 32.3. The van der Waals surface area contributed by atoms with Crippen LogP contribution in [0.3, 0.4) is 0 Å². The van der Waals surface area contributed by atoms with Crippen LogP contribution in [0.5, 0.6) is 0 Å². The Morgan fingerprint density at radius 3 is 1.38 bits per heavy atom. The van der Waals surface area contributed by atoms with E-state index in [4.69, 9.17) is 0 Å². The number of rotatable bonds is 12. The monoisotopic (exact) mass is 344 g/mol. The normalized spacial score (nSPS) is 21.4. The highest BCUT2D eigenvalue weighted by molar-refractivity contribution is 4.90. The molecule has 0 aromatic rings. The summed E-state index contributed by atoms with van der Waals surface area (Å²) in [6.45, 7) is 16.4. The van der Waals surface area contributed by atoms with Gasteiger partial charge < -0.3 is 15.3 Å². The average Bonchev–Trinajstić information content (AvgIpc) is 2.52. The van der Waals surface area contributed by atoms with Gasteiger partial charge in [-0.2, -0.15) is 0 Å². The SMILES string of the molecule is CCC(O)C(C)CC(CC(O)(CC)C(C)C)CC(O)(CC)C(C)C. The van der Waals surface area contributed by atoms with E-state index >= 15 is 0 Å². The Labute approximate surface area is 150 Å². The van der Waals surface area contributed by atoms with Crippen LogP contribution < -0.4 is 0 Å². The summed E-state index contributed by atoms with van der Waals surface area (Å²) in [5.74, 6) is 0.762. The molecule has 4 unspecified atom stereocenters. The van der Waals surface area contributed by atoms with Crippen LogP contribution in [0, 0.1) is 23.7 Å². The first-order chi connectivity index (χ1) is 11.0. The molecule has 0 aliphatic rings. The first kappa shape index (κ1) is 23.9. The molecule has 0 aromatic heterocycles. The van der Waals surface area contributed by atoms with Gasteiger partial charge in [0.1, 0.15) is 0 Å². The lowest BCUT2D eigenvalue weighted by Crippen LogP contribution is -2.42. The van der Waals surface area contributed by atoms with E-state index in [2.05, 4.69) is 34.6 Å². The van der Waals surface area contributed by atoms with Crippen molar-refractivity contribution in [1.29, 1.82) is 0 Å². The van der Waals surface area contributed by atoms with Crippen molar-refractivity contribution in [3.8, 4) is 0 Å². The van der Waals surface area contributed by atoms with Gasteiger partial charge in [-0.25, -0.2) is 0 Å². The average molecular weight is 345 g/mol. The van der Waals surface area contributed by atoms with E-state index < -0.39 is 11.2 Å². The van der Waals surface area contributed by atoms with Gasteiger partial charge in [0, 0.05) is 0 Å². The molecule has 24 heavy (non-hydrogen) atoms. The molecule has 0 saturated heterocycles. The molecule has 0 rings (SSSR count). The number of hydrogen-bond donors (Lipinski definition) is 3. The Morgan fingerprint density at radius 2 is 1.12 bits per heavy atom. The van der Waals surface area contributed by atoms with Crippen LogP contribution in [-0.4, -0.2) is 32.6 Å². The van der Waals surface area contributed by atoms with Gasteiger partial charge in [-0.3, -0.25) is 0 Å². The van der Waals surface area contributed by atoms with Gasteiger partial charge in [0.2, 0.25) is 0 Å². The number of aliphatic hydroxyl groups is 3. The summed E-state index contributed by atoms with van der Waals surface area (Å²) in [4.78, 5) is 0. The molecule has 0 spiro atoms. The quantitative estimate of drug-likeness (QED) is 0.478. The molecule has 3 nitrogen and oxygen atoms in total. The lowest BCUT2D eigenvalue weighted by molar-refractivity contribution is -0.0690. The molecular formula is C21H44O3. The van der Waals surface area contributed by atoms with Crippen molar-refractivity contribution in [1.82, 2.24) is 0 Å². The van der Waals surface area contributed by atoms with Crippen molar-refractivity contribution >= 4 is 0 Å². The van der Waals surface area contributed by atoms with E-state index in [1.807, 2.05) is 20.8 Å². The molecule has 0 aromatic carbocycles. The van der Waals surface area contributed by atoms with Crippen molar-refractivity contribution in [2.75, 3.05) is 0 Å². The predicted octanol–water partition coefficient (Wildman–Crippen LogP) is 4.77. The van der Waals surface area contributed by atoms with Crippen molar-refractivity contribution in [3.05, 3.63) is 0 Å². The van der Waals surface area contributed by atoms with Crippen molar-refractivity contribution in [2.45, 2.75) is 111 Å². The molecule has 0 saturated carbocycles. The minimum absolute atomic E-state index is 0.182. The second-order valence-corrected chi connectivity index (χ2v) is 8.69. The van der Waals surface area contributed by atoms with Crippen LogP contribution >= 0.6 is 0 Å². The second kappa shape index (κ2) is 10.1. The van der Waals surface area contributed by atoms with Crippen LogP contribution in [0.2, 0.25) is 0 Å². The van der Waals surface area contributed by atoms with Crippen LogP contribution in [0.15, 0.2) is 0 Å². The largest absolute Gasteiger partial charge is 0.393 e. The molecular weight excluding hydrogens is 300 g/mol. The van der Waals surface area contributed by atoms with E-state index in [0.717, 1.165) is 25.7 Å². The topological polar surface area (TPSA) is 60.7 Å². The molecule has 0 aliphatic heterocycles. The summed E-state index contributed by atoms with van der Waals surface area (Å²) >= 11 is 0. The van der Waals surface area contributed by atoms with Crippen LogP contribution in [-0.2, 0) is 0 Å². The summed E-state index contributed by atoms with van der Waals surface area (Å²) < 4.78 is 0. The van der Waals surface area contributed by atoms with Crippen molar-refractivity contribution in [2.24, 2.45) is 23.7 Å². The second-order valence-electron chi connectivity index (χ2n) is 8.69. The van der Waals surface area contributed by atoms with E-state index in [1.54, 1.807) is 0 Å². The Morgan fingerprint density at radius 1 is 0.750 bits per heavy atom. The van der Waals surface area contributed by atoms with Crippen LogP contribution in [0.4, 0.5) is 0 Å². The summed E-state index contributed by atoms with van der Waals surface area (Å²) in [5.41, 5.74) is -1.40. The molecule has 0 amide bonds. The minimum atomic E-state index is -0.701. The molecule has 146 valence electrons. The zero-order valence-electron chi connectivity index (χ0n) is 17.5. The summed E-state index contributed by atoms with van der Waals surface area (Å²) in [6, 6.07) is 0. The first-order valence-electron chi connectivity index (χ1n) is 10.1. The van der Waals surface area contributed by atoms with E-state index in [9.17, 15) is 15.3 Å². The maximum absolute atomic E-state index is 11.0. The zero-order valence-corrected chi connectivity index (χ0v) is 17.5. The van der Waals surface area contributed by atoms with E-state index in [-0.39, 0.29) is 29.8 Å². The highest BCUT2D eigenvalue weighted by Gasteiger charge is 2.38. The molecule has 0 fully saturated rings. The number of aliphatic hydroxyl groups excluding tert-OH is 1. The van der Waals surface area contributed by atoms with Gasteiger partial charge in [0.15, 0.2) is 0 Å². The molecule has 3 heteroatoms. The maximum atomic E-state index is 11.0. The van der Waals surface area contributed by atoms with Crippen LogP contribution in [0.1, 0.15) is 93.9 Å². The third-order valence-corrected chi connectivity index (χ3v) is 6.44. The first-order valence-corrected chi connectivity index (χ1v) is 10.1. The summed E-state index contributed by atoms with van der Waals surface area (Å²) in [6.07, 6.45) is 4.11. The maximum Gasteiger partial charge on any atom is 0.0670 e. The third kappa shape index (κ3) is 6.65. The Bertz CT molecular complexity index is 318. The lowest BCUT2D eigenvalue weighted by atomic mass is 9.71. The van der Waals surface area contributed by atoms with E-state index in [1.165, 1.54) is 0 Å². The Hall–Kier alpha value is -0.120. The standard InChI is InChI=1S/C21H44O3/c1-9-19(22)17(8)12-18(13-20(23,10-2)15(4)5)14-21(24,11-3)16(6)7/h15-19,22-24H,9-14H2,1-8H3. The molecule has 0 bridgehead atoms. The van der Waals surface area contributed by atoms with Crippen LogP contribution in [0.25, 0.3) is 0 Å². The fraction of sp³-hybridized carbons (Fsp3) is 1.00. The van der Waals surface area contributed by atoms with Gasteiger partial charge in [0.05, 0.1) is 17.3 Å². The lowest BCUT2D eigenvalue weighted by Gasteiger charge is -2.40. The molecule has 0 radical (unpaired) electrons. The predicted molar refractivity (Wildman–Crippen MR) is 103 cm³/mol. The number of hydrogen-bond acceptors (Lipinski definition) is 3. The van der Waals surface area contributed by atoms with Gasteiger partial charge in [-0.05, 0) is 62.2 Å². The Balaban J connectivity index is 5.36. The van der Waals surface area contributed by atoms with Crippen molar-refractivity contribution < 1.29 is 15.3 Å². The van der Waals surface area contributed by atoms with Gasteiger partial charge in [0.25, 0.3) is 0 Å². The highest BCUT2D eigenvalue weighted by Crippen LogP contribution is 2.39. The zero-order chi connectivity index (χ0) is 19.1. The minimum Gasteiger partial charge on any atom is -0.393 e. The smallest absolute Gasteiger partial charge is 0.0670 e. The molecule has 3 N–H and O–H groups in total. The molecule has 0 aliphatic carbocycles. The molecule has 4 atom stereocenters.